The Bertz CT molecular complexity index is 1050. The Labute approximate surface area is 176 Å². The molecule has 0 saturated heterocycles. The Hall–Kier alpha value is -1.88. The summed E-state index contributed by atoms with van der Waals surface area (Å²) in [6.07, 6.45) is -4.63. The molecule has 0 atom stereocenters. The second-order valence-corrected chi connectivity index (χ2v) is 8.63. The van der Waals surface area contributed by atoms with E-state index in [1.165, 1.54) is 23.5 Å². The van der Waals surface area contributed by atoms with Gasteiger partial charge in [-0.2, -0.15) is 13.2 Å². The van der Waals surface area contributed by atoms with Crippen LogP contribution in [0.2, 0.25) is 5.02 Å². The molecule has 0 saturated carbocycles. The molecule has 0 bridgehead atoms. The molecule has 0 spiro atoms. The summed E-state index contributed by atoms with van der Waals surface area (Å²) < 4.78 is 41.9. The summed E-state index contributed by atoms with van der Waals surface area (Å²) in [4.78, 5) is 12.2. The maximum Gasteiger partial charge on any atom is 0.418 e. The van der Waals surface area contributed by atoms with Gasteiger partial charge < -0.3 is 5.32 Å². The van der Waals surface area contributed by atoms with E-state index < -0.39 is 23.3 Å². The topological polar surface area (TPSA) is 46.9 Å². The first-order chi connectivity index (χ1) is 13.3. The van der Waals surface area contributed by atoms with E-state index in [4.69, 9.17) is 23.8 Å². The second-order valence-electron chi connectivity index (χ2n) is 5.38. The lowest BCUT2D eigenvalue weighted by Gasteiger charge is -2.14. The van der Waals surface area contributed by atoms with Crippen LogP contribution >= 0.6 is 46.9 Å². The van der Waals surface area contributed by atoms with E-state index in [2.05, 4.69) is 10.4 Å². The lowest BCUT2D eigenvalue weighted by Crippen LogP contribution is -2.18. The van der Waals surface area contributed by atoms with Crippen LogP contribution in [-0.4, -0.2) is 21.4 Å². The molecule has 1 amide bonds. The fourth-order valence-electron chi connectivity index (χ4n) is 2.24. The molecule has 3 rings (SSSR count). The maximum absolute atomic E-state index is 13.1. The largest absolute Gasteiger partial charge is 0.418 e. The zero-order valence-electron chi connectivity index (χ0n) is 13.9. The molecule has 11 heteroatoms. The van der Waals surface area contributed by atoms with Crippen LogP contribution in [0.3, 0.4) is 0 Å². The minimum atomic E-state index is -4.63. The number of thioether (sulfide) groups is 1. The van der Waals surface area contributed by atoms with Gasteiger partial charge in [0.1, 0.15) is 0 Å². The van der Waals surface area contributed by atoms with Crippen LogP contribution in [0.4, 0.5) is 18.9 Å². The van der Waals surface area contributed by atoms with E-state index in [0.29, 0.717) is 8.29 Å². The maximum atomic E-state index is 13.1. The second kappa shape index (κ2) is 8.64. The summed E-state index contributed by atoms with van der Waals surface area (Å²) in [5.74, 6) is -0.768. The van der Waals surface area contributed by atoms with Gasteiger partial charge in [0.05, 0.1) is 27.7 Å². The van der Waals surface area contributed by atoms with Crippen molar-refractivity contribution >= 4 is 58.5 Å². The van der Waals surface area contributed by atoms with Gasteiger partial charge in [0, 0.05) is 0 Å². The number of anilines is 1. The van der Waals surface area contributed by atoms with Crippen LogP contribution in [-0.2, 0) is 11.0 Å². The van der Waals surface area contributed by atoms with Crippen molar-refractivity contribution in [3.63, 3.8) is 0 Å². The van der Waals surface area contributed by atoms with Crippen LogP contribution in [0.5, 0.6) is 0 Å². The van der Waals surface area contributed by atoms with Crippen molar-refractivity contribution in [1.29, 1.82) is 0 Å². The van der Waals surface area contributed by atoms with Crippen LogP contribution in [0.15, 0.2) is 52.9 Å². The van der Waals surface area contributed by atoms with Crippen molar-refractivity contribution in [1.82, 2.24) is 9.78 Å². The zero-order valence-corrected chi connectivity index (χ0v) is 17.1. The van der Waals surface area contributed by atoms with Gasteiger partial charge in [-0.15, -0.1) is 5.10 Å². The number of para-hydroxylation sites is 2. The SMILES string of the molecule is O=C(CSc1nn(-c2ccccc2)c(=S)s1)Nc1c(Cl)cccc1C(F)(F)F. The van der Waals surface area contributed by atoms with E-state index in [1.54, 1.807) is 4.68 Å². The van der Waals surface area contributed by atoms with Crippen molar-refractivity contribution < 1.29 is 18.0 Å². The minimum absolute atomic E-state index is 0.139. The molecule has 0 unspecified atom stereocenters. The lowest BCUT2D eigenvalue weighted by molar-refractivity contribution is -0.137. The molecule has 146 valence electrons. The number of amides is 1. The molecule has 0 aliphatic heterocycles. The Balaban J connectivity index is 1.70. The zero-order chi connectivity index (χ0) is 20.3. The van der Waals surface area contributed by atoms with Gasteiger partial charge in [-0.25, -0.2) is 4.68 Å². The summed E-state index contributed by atoms with van der Waals surface area (Å²) in [7, 11) is 0. The molecule has 28 heavy (non-hydrogen) atoms. The quantitative estimate of drug-likeness (QED) is 0.370. The summed E-state index contributed by atoms with van der Waals surface area (Å²) in [6, 6.07) is 12.6. The van der Waals surface area contributed by atoms with Gasteiger partial charge in [-0.05, 0) is 36.5 Å². The van der Waals surface area contributed by atoms with Crippen molar-refractivity contribution in [3.05, 3.63) is 63.1 Å². The summed E-state index contributed by atoms with van der Waals surface area (Å²) in [5, 5.41) is 6.40. The molecule has 0 fully saturated rings. The fraction of sp³-hybridized carbons (Fsp3) is 0.118. The molecule has 1 aromatic heterocycles. The Morgan fingerprint density at radius 1 is 1.21 bits per heavy atom. The Morgan fingerprint density at radius 2 is 1.93 bits per heavy atom. The van der Waals surface area contributed by atoms with Gasteiger partial charge in [-0.1, -0.05) is 59.0 Å². The number of halogens is 4. The highest BCUT2D eigenvalue weighted by molar-refractivity contribution is 8.01. The molecule has 0 radical (unpaired) electrons. The lowest BCUT2D eigenvalue weighted by atomic mass is 10.1. The first-order valence-electron chi connectivity index (χ1n) is 7.69. The molecular weight excluding hydrogens is 451 g/mol. The molecule has 1 N–H and O–H groups in total. The van der Waals surface area contributed by atoms with E-state index in [1.807, 2.05) is 30.3 Å². The number of carbonyl (C=O) groups is 1. The van der Waals surface area contributed by atoms with Crippen LogP contribution in [0.25, 0.3) is 5.69 Å². The summed E-state index contributed by atoms with van der Waals surface area (Å²) in [5.41, 5.74) is -0.669. The van der Waals surface area contributed by atoms with E-state index in [-0.39, 0.29) is 10.8 Å². The highest BCUT2D eigenvalue weighted by atomic mass is 35.5. The number of rotatable bonds is 5. The number of carbonyl (C=O) groups excluding carboxylic acids is 1. The van der Waals surface area contributed by atoms with Gasteiger partial charge in [0.15, 0.2) is 8.29 Å². The molecular formula is C17H11ClF3N3OS3. The minimum Gasteiger partial charge on any atom is -0.324 e. The molecule has 4 nitrogen and oxygen atoms in total. The molecule has 2 aromatic carbocycles. The monoisotopic (exact) mass is 461 g/mol. The number of alkyl halides is 3. The first kappa shape index (κ1) is 20.8. The predicted octanol–water partition coefficient (Wildman–Crippen LogP) is 6.07. The highest BCUT2D eigenvalue weighted by Gasteiger charge is 2.34. The van der Waals surface area contributed by atoms with Gasteiger partial charge in [0.2, 0.25) is 5.91 Å². The number of hydrogen-bond donors (Lipinski definition) is 1. The number of hydrogen-bond acceptors (Lipinski definition) is 5. The third kappa shape index (κ3) is 4.93. The van der Waals surface area contributed by atoms with Crippen LogP contribution in [0, 0.1) is 3.95 Å². The highest BCUT2D eigenvalue weighted by Crippen LogP contribution is 2.38. The number of benzene rings is 2. The molecule has 0 aliphatic rings. The van der Waals surface area contributed by atoms with Gasteiger partial charge in [0.25, 0.3) is 0 Å². The summed E-state index contributed by atoms with van der Waals surface area (Å²) >= 11 is 13.4. The van der Waals surface area contributed by atoms with Gasteiger partial charge in [-0.3, -0.25) is 4.79 Å². The predicted molar refractivity (Wildman–Crippen MR) is 108 cm³/mol. The van der Waals surface area contributed by atoms with Crippen molar-refractivity contribution in [2.45, 2.75) is 10.5 Å². The van der Waals surface area contributed by atoms with Gasteiger partial charge >= 0.3 is 6.18 Å². The van der Waals surface area contributed by atoms with Crippen molar-refractivity contribution in [2.24, 2.45) is 0 Å². The fourth-order valence-corrected chi connectivity index (χ4v) is 4.62. The number of aromatic nitrogens is 2. The van der Waals surface area contributed by atoms with Crippen molar-refractivity contribution in [3.8, 4) is 5.69 Å². The van der Waals surface area contributed by atoms with E-state index in [0.717, 1.165) is 23.5 Å². The molecule has 3 aromatic rings. The first-order valence-corrected chi connectivity index (χ1v) is 10.3. The average Bonchev–Trinajstić information content (AvgIpc) is 3.02. The van der Waals surface area contributed by atoms with E-state index in [9.17, 15) is 18.0 Å². The third-order valence-corrected chi connectivity index (χ3v) is 6.12. The Morgan fingerprint density at radius 3 is 2.61 bits per heavy atom. The molecule has 1 heterocycles. The normalized spacial score (nSPS) is 11.4. The molecule has 0 aliphatic carbocycles. The standard InChI is InChI=1S/C17H11ClF3N3OS3/c18-12-8-4-7-11(17(19,20)21)14(12)22-13(25)9-27-15-23-24(16(26)28-15)10-5-2-1-3-6-10/h1-8H,9H2,(H,22,25). The number of nitrogens with one attached hydrogen (secondary N) is 1. The van der Waals surface area contributed by atoms with E-state index >= 15 is 0 Å². The average molecular weight is 462 g/mol. The Kier molecular flexibility index (Phi) is 6.43. The van der Waals surface area contributed by atoms with Crippen LogP contribution in [0.1, 0.15) is 5.56 Å². The van der Waals surface area contributed by atoms with Crippen molar-refractivity contribution in [2.75, 3.05) is 11.1 Å². The number of nitrogens with zero attached hydrogens (tertiary/aromatic N) is 2. The third-order valence-electron chi connectivity index (χ3n) is 3.44. The smallest absolute Gasteiger partial charge is 0.324 e. The summed E-state index contributed by atoms with van der Waals surface area (Å²) in [6.45, 7) is 0. The van der Waals surface area contributed by atoms with Crippen LogP contribution < -0.4 is 5.32 Å².